The number of aromatic amines is 1. The van der Waals surface area contributed by atoms with Crippen molar-refractivity contribution in [1.29, 1.82) is 0 Å². The Morgan fingerprint density at radius 3 is 2.92 bits per heavy atom. The van der Waals surface area contributed by atoms with E-state index < -0.39 is 0 Å². The zero-order valence-corrected chi connectivity index (χ0v) is 13.6. The Bertz CT molecular complexity index is 919. The fourth-order valence-corrected chi connectivity index (χ4v) is 3.17. The van der Waals surface area contributed by atoms with Crippen LogP contribution >= 0.6 is 0 Å². The SMILES string of the molecule is O=C(N[C@H]1CC(=O)N(Cc2ccccc2)C1)c1ccc2nc[nH]c2c1. The number of carbonyl (C=O) groups is 2. The summed E-state index contributed by atoms with van der Waals surface area (Å²) < 4.78 is 0. The van der Waals surface area contributed by atoms with Gasteiger partial charge in [-0.25, -0.2) is 4.98 Å². The summed E-state index contributed by atoms with van der Waals surface area (Å²) in [5.74, 6) is -0.103. The van der Waals surface area contributed by atoms with Crippen LogP contribution in [0.3, 0.4) is 0 Å². The maximum absolute atomic E-state index is 12.5. The lowest BCUT2D eigenvalue weighted by molar-refractivity contribution is -0.128. The molecule has 0 radical (unpaired) electrons. The molecule has 2 N–H and O–H groups in total. The lowest BCUT2D eigenvalue weighted by Gasteiger charge is -2.17. The molecule has 1 aliphatic heterocycles. The summed E-state index contributed by atoms with van der Waals surface area (Å²) in [6.45, 7) is 1.11. The second-order valence-electron chi connectivity index (χ2n) is 6.27. The van der Waals surface area contributed by atoms with Gasteiger partial charge in [0.25, 0.3) is 5.91 Å². The molecule has 6 nitrogen and oxygen atoms in total. The van der Waals surface area contributed by atoms with Gasteiger partial charge in [-0.05, 0) is 23.8 Å². The van der Waals surface area contributed by atoms with Crippen molar-refractivity contribution in [2.24, 2.45) is 0 Å². The summed E-state index contributed by atoms with van der Waals surface area (Å²) in [5.41, 5.74) is 3.29. The molecule has 1 saturated heterocycles. The third-order valence-electron chi connectivity index (χ3n) is 4.45. The first-order valence-electron chi connectivity index (χ1n) is 8.25. The van der Waals surface area contributed by atoms with Gasteiger partial charge in [0.15, 0.2) is 0 Å². The van der Waals surface area contributed by atoms with Crippen LogP contribution < -0.4 is 5.32 Å². The molecule has 1 aromatic heterocycles. The molecule has 4 rings (SSSR count). The minimum atomic E-state index is -0.170. The maximum atomic E-state index is 12.5. The molecule has 0 bridgehead atoms. The van der Waals surface area contributed by atoms with E-state index in [1.807, 2.05) is 36.4 Å². The van der Waals surface area contributed by atoms with E-state index in [2.05, 4.69) is 15.3 Å². The fourth-order valence-electron chi connectivity index (χ4n) is 3.17. The van der Waals surface area contributed by atoms with Crippen molar-refractivity contribution >= 4 is 22.8 Å². The first-order valence-corrected chi connectivity index (χ1v) is 8.25. The molecule has 0 saturated carbocycles. The van der Waals surface area contributed by atoms with Crippen molar-refractivity contribution in [3.63, 3.8) is 0 Å². The highest BCUT2D eigenvalue weighted by molar-refractivity contribution is 5.98. The number of hydrogen-bond acceptors (Lipinski definition) is 3. The van der Waals surface area contributed by atoms with E-state index in [0.29, 0.717) is 25.1 Å². The molecule has 1 atom stereocenters. The number of imidazole rings is 1. The van der Waals surface area contributed by atoms with Gasteiger partial charge in [0.1, 0.15) is 0 Å². The molecule has 25 heavy (non-hydrogen) atoms. The van der Waals surface area contributed by atoms with Crippen molar-refractivity contribution in [1.82, 2.24) is 20.2 Å². The van der Waals surface area contributed by atoms with E-state index in [4.69, 9.17) is 0 Å². The Hall–Kier alpha value is -3.15. The highest BCUT2D eigenvalue weighted by atomic mass is 16.2. The van der Waals surface area contributed by atoms with Gasteiger partial charge in [0, 0.05) is 25.1 Å². The predicted molar refractivity (Wildman–Crippen MR) is 93.8 cm³/mol. The fraction of sp³-hybridized carbons (Fsp3) is 0.211. The first-order chi connectivity index (χ1) is 12.2. The number of nitrogens with one attached hydrogen (secondary N) is 2. The van der Waals surface area contributed by atoms with Crippen LogP contribution in [0.2, 0.25) is 0 Å². The molecule has 2 amide bonds. The van der Waals surface area contributed by atoms with E-state index >= 15 is 0 Å². The van der Waals surface area contributed by atoms with Gasteiger partial charge in [0.2, 0.25) is 5.91 Å². The summed E-state index contributed by atoms with van der Waals surface area (Å²) in [5, 5.41) is 2.96. The van der Waals surface area contributed by atoms with E-state index in [0.717, 1.165) is 16.6 Å². The molecule has 3 aromatic rings. The monoisotopic (exact) mass is 334 g/mol. The molecule has 0 unspecified atom stereocenters. The summed E-state index contributed by atoms with van der Waals surface area (Å²) >= 11 is 0. The smallest absolute Gasteiger partial charge is 0.251 e. The Morgan fingerprint density at radius 1 is 1.24 bits per heavy atom. The standard InChI is InChI=1S/C19H18N4O2/c24-18-9-15(11-23(18)10-13-4-2-1-3-5-13)22-19(25)14-6-7-16-17(8-14)21-12-20-16/h1-8,12,15H,9-11H2,(H,20,21)(H,22,25)/t15-/m0/s1. The van der Waals surface area contributed by atoms with Gasteiger partial charge in [-0.2, -0.15) is 0 Å². The van der Waals surface area contributed by atoms with Gasteiger partial charge in [-0.1, -0.05) is 30.3 Å². The minimum Gasteiger partial charge on any atom is -0.347 e. The lowest BCUT2D eigenvalue weighted by atomic mass is 10.1. The zero-order valence-electron chi connectivity index (χ0n) is 13.6. The average molecular weight is 334 g/mol. The molecule has 2 aromatic carbocycles. The van der Waals surface area contributed by atoms with E-state index in [1.54, 1.807) is 23.4 Å². The molecule has 0 spiro atoms. The van der Waals surface area contributed by atoms with Crippen LogP contribution in [0.1, 0.15) is 22.3 Å². The Morgan fingerprint density at radius 2 is 2.08 bits per heavy atom. The molecule has 0 aliphatic carbocycles. The molecule has 6 heteroatoms. The minimum absolute atomic E-state index is 0.0678. The van der Waals surface area contributed by atoms with Gasteiger partial charge >= 0.3 is 0 Å². The van der Waals surface area contributed by atoms with Crippen LogP contribution in [0.25, 0.3) is 11.0 Å². The van der Waals surface area contributed by atoms with Gasteiger partial charge < -0.3 is 15.2 Å². The number of amides is 2. The van der Waals surface area contributed by atoms with Crippen LogP contribution in [0.5, 0.6) is 0 Å². The molecular formula is C19H18N4O2. The third kappa shape index (κ3) is 3.24. The number of rotatable bonds is 4. The Balaban J connectivity index is 1.41. The van der Waals surface area contributed by atoms with E-state index in [1.165, 1.54) is 0 Å². The van der Waals surface area contributed by atoms with Crippen molar-refractivity contribution in [2.45, 2.75) is 19.0 Å². The van der Waals surface area contributed by atoms with Gasteiger partial charge in [0.05, 0.1) is 23.4 Å². The summed E-state index contributed by atoms with van der Waals surface area (Å²) in [4.78, 5) is 33.6. The number of nitrogens with zero attached hydrogens (tertiary/aromatic N) is 2. The second-order valence-corrected chi connectivity index (χ2v) is 6.27. The van der Waals surface area contributed by atoms with Crippen LogP contribution in [0.15, 0.2) is 54.9 Å². The topological polar surface area (TPSA) is 78.1 Å². The Kier molecular flexibility index (Phi) is 3.93. The van der Waals surface area contributed by atoms with Crippen molar-refractivity contribution in [3.05, 3.63) is 66.0 Å². The predicted octanol–water partition coefficient (Wildman–Crippen LogP) is 2.09. The normalized spacial score (nSPS) is 17.2. The number of likely N-dealkylation sites (tertiary alicyclic amines) is 1. The van der Waals surface area contributed by atoms with Gasteiger partial charge in [-0.15, -0.1) is 0 Å². The Labute approximate surface area is 144 Å². The number of aromatic nitrogens is 2. The first kappa shape index (κ1) is 15.4. The second kappa shape index (κ2) is 6.39. The highest BCUT2D eigenvalue weighted by Crippen LogP contribution is 2.16. The van der Waals surface area contributed by atoms with Crippen molar-refractivity contribution in [3.8, 4) is 0 Å². The molecule has 126 valence electrons. The van der Waals surface area contributed by atoms with Crippen LogP contribution in [-0.2, 0) is 11.3 Å². The summed E-state index contributed by atoms with van der Waals surface area (Å²) in [6, 6.07) is 15.0. The van der Waals surface area contributed by atoms with Gasteiger partial charge in [-0.3, -0.25) is 9.59 Å². The number of carbonyl (C=O) groups excluding carboxylic acids is 2. The maximum Gasteiger partial charge on any atom is 0.251 e. The number of benzene rings is 2. The van der Waals surface area contributed by atoms with Crippen LogP contribution in [0, 0.1) is 0 Å². The van der Waals surface area contributed by atoms with Crippen LogP contribution in [0.4, 0.5) is 0 Å². The zero-order chi connectivity index (χ0) is 17.2. The number of fused-ring (bicyclic) bond motifs is 1. The highest BCUT2D eigenvalue weighted by Gasteiger charge is 2.30. The van der Waals surface area contributed by atoms with Crippen molar-refractivity contribution in [2.75, 3.05) is 6.54 Å². The van der Waals surface area contributed by atoms with E-state index in [-0.39, 0.29) is 17.9 Å². The van der Waals surface area contributed by atoms with Crippen molar-refractivity contribution < 1.29 is 9.59 Å². The molecule has 2 heterocycles. The quantitative estimate of drug-likeness (QED) is 0.767. The number of H-pyrrole nitrogens is 1. The average Bonchev–Trinajstić information content (AvgIpc) is 3.22. The van der Waals surface area contributed by atoms with Crippen LogP contribution in [-0.4, -0.2) is 39.3 Å². The molecule has 1 aliphatic rings. The lowest BCUT2D eigenvalue weighted by Crippen LogP contribution is -2.37. The van der Waals surface area contributed by atoms with E-state index in [9.17, 15) is 9.59 Å². The summed E-state index contributed by atoms with van der Waals surface area (Å²) in [7, 11) is 0. The third-order valence-corrected chi connectivity index (χ3v) is 4.45. The number of hydrogen-bond donors (Lipinski definition) is 2. The molecule has 1 fully saturated rings. The molecular weight excluding hydrogens is 316 g/mol. The largest absolute Gasteiger partial charge is 0.347 e. The summed E-state index contributed by atoms with van der Waals surface area (Å²) in [6.07, 6.45) is 1.94.